The SMILES string of the molecule is Cc1nc(N(C)C)ncc1C(=O)NCCc1nc(-c2cccnc2)n[nH]1. The lowest BCUT2D eigenvalue weighted by Crippen LogP contribution is -2.27. The number of pyridine rings is 1. The summed E-state index contributed by atoms with van der Waals surface area (Å²) in [7, 11) is 3.71. The van der Waals surface area contributed by atoms with E-state index >= 15 is 0 Å². The first kappa shape index (κ1) is 17.5. The van der Waals surface area contributed by atoms with Crippen molar-refractivity contribution < 1.29 is 4.79 Å². The number of amides is 1. The molecular weight excluding hydrogens is 332 g/mol. The van der Waals surface area contributed by atoms with Gasteiger partial charge in [-0.25, -0.2) is 15.0 Å². The van der Waals surface area contributed by atoms with Crippen molar-refractivity contribution in [3.05, 3.63) is 47.8 Å². The Morgan fingerprint density at radius 3 is 2.81 bits per heavy atom. The predicted molar refractivity (Wildman–Crippen MR) is 96.7 cm³/mol. The van der Waals surface area contributed by atoms with Crippen LogP contribution in [0.25, 0.3) is 11.4 Å². The van der Waals surface area contributed by atoms with Crippen LogP contribution in [0.15, 0.2) is 30.7 Å². The molecule has 26 heavy (non-hydrogen) atoms. The van der Waals surface area contributed by atoms with Gasteiger partial charge in [-0.2, -0.15) is 5.10 Å². The number of anilines is 1. The highest BCUT2D eigenvalue weighted by molar-refractivity contribution is 5.94. The largest absolute Gasteiger partial charge is 0.351 e. The zero-order chi connectivity index (χ0) is 18.5. The van der Waals surface area contributed by atoms with Crippen molar-refractivity contribution in [3.63, 3.8) is 0 Å². The van der Waals surface area contributed by atoms with Gasteiger partial charge in [0.2, 0.25) is 5.95 Å². The third kappa shape index (κ3) is 4.00. The molecule has 3 rings (SSSR count). The molecule has 0 radical (unpaired) electrons. The van der Waals surface area contributed by atoms with E-state index in [-0.39, 0.29) is 5.91 Å². The van der Waals surface area contributed by atoms with Gasteiger partial charge < -0.3 is 10.2 Å². The molecule has 0 fully saturated rings. The second-order valence-corrected chi connectivity index (χ2v) is 5.92. The number of aromatic amines is 1. The van der Waals surface area contributed by atoms with E-state index in [0.29, 0.717) is 41.8 Å². The molecule has 0 saturated carbocycles. The molecule has 0 aliphatic heterocycles. The second kappa shape index (κ2) is 7.68. The summed E-state index contributed by atoms with van der Waals surface area (Å²) in [6.07, 6.45) is 5.48. The molecule has 0 spiro atoms. The zero-order valence-corrected chi connectivity index (χ0v) is 14.9. The van der Waals surface area contributed by atoms with E-state index in [1.807, 2.05) is 26.2 Å². The van der Waals surface area contributed by atoms with Crippen LogP contribution in [0.5, 0.6) is 0 Å². The van der Waals surface area contributed by atoms with Gasteiger partial charge in [0, 0.05) is 51.2 Å². The average molecular weight is 352 g/mol. The molecular formula is C17H20N8O. The molecule has 0 atom stereocenters. The molecule has 3 aromatic rings. The van der Waals surface area contributed by atoms with Gasteiger partial charge in [0.25, 0.3) is 5.91 Å². The van der Waals surface area contributed by atoms with Crippen molar-refractivity contribution in [2.75, 3.05) is 25.5 Å². The first-order valence-electron chi connectivity index (χ1n) is 8.15. The molecule has 0 bridgehead atoms. The molecule has 3 aromatic heterocycles. The van der Waals surface area contributed by atoms with Crippen LogP contribution in [0.3, 0.4) is 0 Å². The standard InChI is InChI=1S/C17H20N8O/c1-11-13(10-20-17(21-11)25(2)3)16(26)19-8-6-14-22-15(24-23-14)12-5-4-7-18-9-12/h4-5,7,9-10H,6,8H2,1-3H3,(H,19,26)(H,22,23,24). The lowest BCUT2D eigenvalue weighted by molar-refractivity contribution is 0.0952. The van der Waals surface area contributed by atoms with Gasteiger partial charge >= 0.3 is 0 Å². The Hall–Kier alpha value is -3.36. The summed E-state index contributed by atoms with van der Waals surface area (Å²) in [6, 6.07) is 3.72. The summed E-state index contributed by atoms with van der Waals surface area (Å²) in [6.45, 7) is 2.22. The van der Waals surface area contributed by atoms with E-state index in [2.05, 4.69) is 35.5 Å². The second-order valence-electron chi connectivity index (χ2n) is 5.92. The van der Waals surface area contributed by atoms with Crippen LogP contribution in [0.4, 0.5) is 5.95 Å². The number of aromatic nitrogens is 6. The Labute approximate surface area is 150 Å². The van der Waals surface area contributed by atoms with E-state index in [9.17, 15) is 4.79 Å². The highest BCUT2D eigenvalue weighted by Gasteiger charge is 2.13. The summed E-state index contributed by atoms with van der Waals surface area (Å²) >= 11 is 0. The summed E-state index contributed by atoms with van der Waals surface area (Å²) in [4.78, 5) is 31.1. The van der Waals surface area contributed by atoms with Crippen LogP contribution >= 0.6 is 0 Å². The number of nitrogens with one attached hydrogen (secondary N) is 2. The minimum atomic E-state index is -0.209. The highest BCUT2D eigenvalue weighted by Crippen LogP contribution is 2.12. The monoisotopic (exact) mass is 352 g/mol. The Balaban J connectivity index is 1.57. The van der Waals surface area contributed by atoms with E-state index in [4.69, 9.17) is 0 Å². The molecule has 3 heterocycles. The molecule has 0 unspecified atom stereocenters. The zero-order valence-electron chi connectivity index (χ0n) is 14.9. The van der Waals surface area contributed by atoms with E-state index in [0.717, 1.165) is 5.56 Å². The smallest absolute Gasteiger partial charge is 0.254 e. The first-order valence-corrected chi connectivity index (χ1v) is 8.15. The van der Waals surface area contributed by atoms with Crippen molar-refractivity contribution >= 4 is 11.9 Å². The minimum Gasteiger partial charge on any atom is -0.351 e. The topological polar surface area (TPSA) is 113 Å². The number of hydrogen-bond acceptors (Lipinski definition) is 7. The average Bonchev–Trinajstić information content (AvgIpc) is 3.11. The molecule has 134 valence electrons. The van der Waals surface area contributed by atoms with Crippen LogP contribution in [0, 0.1) is 6.92 Å². The van der Waals surface area contributed by atoms with E-state index in [1.54, 1.807) is 30.4 Å². The number of nitrogens with zero attached hydrogens (tertiary/aromatic N) is 6. The Kier molecular flexibility index (Phi) is 5.16. The van der Waals surface area contributed by atoms with Crippen molar-refractivity contribution in [1.29, 1.82) is 0 Å². The predicted octanol–water partition coefficient (Wildman–Crippen LogP) is 1.00. The fourth-order valence-corrected chi connectivity index (χ4v) is 2.31. The Morgan fingerprint density at radius 2 is 2.12 bits per heavy atom. The molecule has 2 N–H and O–H groups in total. The van der Waals surface area contributed by atoms with Crippen LogP contribution in [0.2, 0.25) is 0 Å². The maximum absolute atomic E-state index is 12.3. The molecule has 9 heteroatoms. The molecule has 9 nitrogen and oxygen atoms in total. The van der Waals surface area contributed by atoms with Crippen molar-refractivity contribution in [3.8, 4) is 11.4 Å². The molecule has 1 amide bonds. The number of aryl methyl sites for hydroxylation is 1. The number of carbonyl (C=O) groups is 1. The number of carbonyl (C=O) groups excluding carboxylic acids is 1. The fraction of sp³-hybridized carbons (Fsp3) is 0.294. The number of H-pyrrole nitrogens is 1. The number of rotatable bonds is 6. The fourth-order valence-electron chi connectivity index (χ4n) is 2.31. The maximum Gasteiger partial charge on any atom is 0.254 e. The first-order chi connectivity index (χ1) is 12.5. The third-order valence-corrected chi connectivity index (χ3v) is 3.71. The maximum atomic E-state index is 12.3. The Bertz CT molecular complexity index is 891. The van der Waals surface area contributed by atoms with Gasteiger partial charge in [0.05, 0.1) is 11.3 Å². The molecule has 0 saturated heterocycles. The van der Waals surface area contributed by atoms with Crippen LogP contribution in [0.1, 0.15) is 21.9 Å². The van der Waals surface area contributed by atoms with E-state index in [1.165, 1.54) is 0 Å². The normalized spacial score (nSPS) is 10.6. The van der Waals surface area contributed by atoms with Crippen LogP contribution < -0.4 is 10.2 Å². The lowest BCUT2D eigenvalue weighted by Gasteiger charge is -2.12. The Morgan fingerprint density at radius 1 is 1.27 bits per heavy atom. The summed E-state index contributed by atoms with van der Waals surface area (Å²) < 4.78 is 0. The summed E-state index contributed by atoms with van der Waals surface area (Å²) in [5.41, 5.74) is 1.94. The number of hydrogen-bond donors (Lipinski definition) is 2. The third-order valence-electron chi connectivity index (χ3n) is 3.71. The van der Waals surface area contributed by atoms with Gasteiger partial charge in [-0.05, 0) is 19.1 Å². The van der Waals surface area contributed by atoms with Crippen LogP contribution in [-0.4, -0.2) is 56.7 Å². The highest BCUT2D eigenvalue weighted by atomic mass is 16.1. The lowest BCUT2D eigenvalue weighted by atomic mass is 10.2. The van der Waals surface area contributed by atoms with Crippen LogP contribution in [-0.2, 0) is 6.42 Å². The van der Waals surface area contributed by atoms with Gasteiger partial charge in [-0.1, -0.05) is 0 Å². The van der Waals surface area contributed by atoms with Crippen molar-refractivity contribution in [1.82, 2.24) is 35.5 Å². The molecule has 0 aliphatic rings. The van der Waals surface area contributed by atoms with Crippen molar-refractivity contribution in [2.24, 2.45) is 0 Å². The van der Waals surface area contributed by atoms with Gasteiger partial charge in [0.1, 0.15) is 5.82 Å². The summed E-state index contributed by atoms with van der Waals surface area (Å²) in [5.74, 6) is 1.64. The molecule has 0 aromatic carbocycles. The van der Waals surface area contributed by atoms with E-state index < -0.39 is 0 Å². The van der Waals surface area contributed by atoms with Gasteiger partial charge in [-0.3, -0.25) is 14.9 Å². The van der Waals surface area contributed by atoms with Gasteiger partial charge in [-0.15, -0.1) is 0 Å². The van der Waals surface area contributed by atoms with Gasteiger partial charge in [0.15, 0.2) is 5.82 Å². The molecule has 0 aliphatic carbocycles. The quantitative estimate of drug-likeness (QED) is 0.680. The van der Waals surface area contributed by atoms with Crippen molar-refractivity contribution in [2.45, 2.75) is 13.3 Å². The minimum absolute atomic E-state index is 0.209. The summed E-state index contributed by atoms with van der Waals surface area (Å²) in [5, 5.41) is 9.90.